The van der Waals surface area contributed by atoms with Crippen molar-refractivity contribution < 1.29 is 14.8 Å². The first-order valence-corrected chi connectivity index (χ1v) is 11.3. The van der Waals surface area contributed by atoms with Crippen molar-refractivity contribution in [2.45, 2.75) is 44.9 Å². The van der Waals surface area contributed by atoms with Crippen LogP contribution in [0.4, 0.5) is 11.4 Å². The van der Waals surface area contributed by atoms with Crippen LogP contribution in [0.3, 0.4) is 0 Å². The van der Waals surface area contributed by atoms with Gasteiger partial charge in [-0.25, -0.2) is 0 Å². The predicted octanol–water partition coefficient (Wildman–Crippen LogP) is 3.08. The molecule has 4 rings (SSSR count). The number of aliphatic hydroxyl groups is 1. The number of benzene rings is 2. The van der Waals surface area contributed by atoms with Crippen molar-refractivity contribution in [3.05, 3.63) is 69.3 Å². The fraction of sp³-hybridized carbons (Fsp3) is 0.458. The van der Waals surface area contributed by atoms with Crippen molar-refractivity contribution >= 4 is 17.3 Å². The minimum atomic E-state index is -0.411. The van der Waals surface area contributed by atoms with Crippen molar-refractivity contribution in [3.63, 3.8) is 0 Å². The second-order valence-corrected chi connectivity index (χ2v) is 8.66. The average Bonchev–Trinajstić information content (AvgIpc) is 3.34. The number of nitrogens with zero attached hydrogens (tertiary/aromatic N) is 3. The van der Waals surface area contributed by atoms with E-state index >= 15 is 0 Å². The number of hydrogen-bond donors (Lipinski definition) is 2. The summed E-state index contributed by atoms with van der Waals surface area (Å²) in [6.45, 7) is 4.64. The van der Waals surface area contributed by atoms with Gasteiger partial charge in [-0.15, -0.1) is 0 Å². The molecule has 1 amide bonds. The maximum Gasteiger partial charge on any atom is 0.293 e. The van der Waals surface area contributed by atoms with E-state index in [4.69, 9.17) is 0 Å². The summed E-state index contributed by atoms with van der Waals surface area (Å²) in [5, 5.41) is 24.0. The molecule has 0 aliphatic carbocycles. The number of likely N-dealkylation sites (tertiary alicyclic amines) is 1. The van der Waals surface area contributed by atoms with Gasteiger partial charge in [-0.2, -0.15) is 0 Å². The molecule has 0 atom stereocenters. The number of nitrogens with one attached hydrogen (secondary N) is 1. The molecule has 2 aliphatic heterocycles. The van der Waals surface area contributed by atoms with Crippen LogP contribution in [0.1, 0.15) is 47.2 Å². The molecule has 8 nitrogen and oxygen atoms in total. The number of nitro groups is 1. The molecular formula is C24H30N4O4. The highest BCUT2D eigenvalue weighted by molar-refractivity contribution is 5.95. The molecule has 2 N–H and O–H groups in total. The van der Waals surface area contributed by atoms with Gasteiger partial charge in [-0.1, -0.05) is 24.3 Å². The number of carbonyl (C=O) groups excluding carboxylic acids is 1. The minimum Gasteiger partial charge on any atom is -0.393 e. The van der Waals surface area contributed by atoms with Crippen molar-refractivity contribution in [3.8, 4) is 0 Å². The number of nitro benzene ring substituents is 1. The standard InChI is InChI=1S/C24H30N4O4/c29-21-9-13-26(14-10-21)17-19-5-3-18(4-6-19)16-25-24(30)20-7-8-22(23(15-20)28(31)32)27-11-1-2-12-27/h3-8,15,21,29H,1-2,9-14,16-17H2,(H,25,30). The van der Waals surface area contributed by atoms with Crippen molar-refractivity contribution in [1.82, 2.24) is 10.2 Å². The van der Waals surface area contributed by atoms with E-state index in [-0.39, 0.29) is 17.7 Å². The smallest absolute Gasteiger partial charge is 0.293 e. The quantitative estimate of drug-likeness (QED) is 0.509. The lowest BCUT2D eigenvalue weighted by atomic mass is 10.1. The van der Waals surface area contributed by atoms with E-state index in [0.29, 0.717) is 17.8 Å². The van der Waals surface area contributed by atoms with Crippen LogP contribution in [0.2, 0.25) is 0 Å². The SMILES string of the molecule is O=C(NCc1ccc(CN2CCC(O)CC2)cc1)c1ccc(N2CCCC2)c([N+](=O)[O-])c1. The zero-order valence-corrected chi connectivity index (χ0v) is 18.2. The van der Waals surface area contributed by atoms with E-state index in [1.165, 1.54) is 11.6 Å². The van der Waals surface area contributed by atoms with Gasteiger partial charge in [0.1, 0.15) is 5.69 Å². The predicted molar refractivity (Wildman–Crippen MR) is 123 cm³/mol. The summed E-state index contributed by atoms with van der Waals surface area (Å²) in [6, 6.07) is 12.8. The van der Waals surface area contributed by atoms with Crippen LogP contribution in [0, 0.1) is 10.1 Å². The Labute approximate surface area is 188 Å². The highest BCUT2D eigenvalue weighted by atomic mass is 16.6. The minimum absolute atomic E-state index is 0.0193. The number of piperidine rings is 1. The Hall–Kier alpha value is -2.97. The number of amides is 1. The lowest BCUT2D eigenvalue weighted by Crippen LogP contribution is -2.35. The Morgan fingerprint density at radius 1 is 1.03 bits per heavy atom. The molecule has 0 bridgehead atoms. The molecule has 2 aromatic rings. The Balaban J connectivity index is 1.34. The first-order chi connectivity index (χ1) is 15.5. The van der Waals surface area contributed by atoms with Crippen LogP contribution in [0.15, 0.2) is 42.5 Å². The molecule has 170 valence electrons. The Bertz CT molecular complexity index is 949. The van der Waals surface area contributed by atoms with E-state index in [1.54, 1.807) is 12.1 Å². The lowest BCUT2D eigenvalue weighted by molar-refractivity contribution is -0.384. The topological polar surface area (TPSA) is 99.0 Å². The molecule has 2 heterocycles. The van der Waals surface area contributed by atoms with E-state index in [1.807, 2.05) is 17.0 Å². The molecule has 0 radical (unpaired) electrons. The van der Waals surface area contributed by atoms with Gasteiger partial charge in [0.25, 0.3) is 11.6 Å². The van der Waals surface area contributed by atoms with E-state index in [0.717, 1.165) is 64.0 Å². The molecule has 0 unspecified atom stereocenters. The second kappa shape index (κ2) is 10.1. The molecule has 2 fully saturated rings. The normalized spacial score (nSPS) is 17.5. The van der Waals surface area contributed by atoms with Gasteiger partial charge < -0.3 is 15.3 Å². The van der Waals surface area contributed by atoms with Crippen LogP contribution >= 0.6 is 0 Å². The van der Waals surface area contributed by atoms with Gasteiger partial charge in [0.05, 0.1) is 11.0 Å². The second-order valence-electron chi connectivity index (χ2n) is 8.66. The molecular weight excluding hydrogens is 408 g/mol. The summed E-state index contributed by atoms with van der Waals surface area (Å²) in [5.41, 5.74) is 3.03. The van der Waals surface area contributed by atoms with Gasteiger partial charge in [0, 0.05) is 50.9 Å². The monoisotopic (exact) mass is 438 g/mol. The molecule has 0 aromatic heterocycles. The number of hydrogen-bond acceptors (Lipinski definition) is 6. The summed E-state index contributed by atoms with van der Waals surface area (Å²) in [6.07, 6.45) is 3.52. The molecule has 0 spiro atoms. The zero-order chi connectivity index (χ0) is 22.5. The van der Waals surface area contributed by atoms with Crippen LogP contribution in [0.25, 0.3) is 0 Å². The molecule has 2 saturated heterocycles. The Kier molecular flexibility index (Phi) is 7.02. The summed E-state index contributed by atoms with van der Waals surface area (Å²) in [7, 11) is 0. The van der Waals surface area contributed by atoms with Gasteiger partial charge in [-0.05, 0) is 48.9 Å². The van der Waals surface area contributed by atoms with Gasteiger partial charge in [0.2, 0.25) is 0 Å². The van der Waals surface area contributed by atoms with Crippen LogP contribution in [0.5, 0.6) is 0 Å². The number of rotatable bonds is 7. The first-order valence-electron chi connectivity index (χ1n) is 11.3. The lowest BCUT2D eigenvalue weighted by Gasteiger charge is -2.29. The Morgan fingerprint density at radius 3 is 2.34 bits per heavy atom. The van der Waals surface area contributed by atoms with Crippen LogP contribution < -0.4 is 10.2 Å². The first kappa shape index (κ1) is 22.2. The highest BCUT2D eigenvalue weighted by Gasteiger charge is 2.24. The molecule has 32 heavy (non-hydrogen) atoms. The highest BCUT2D eigenvalue weighted by Crippen LogP contribution is 2.31. The van der Waals surface area contributed by atoms with E-state index in [9.17, 15) is 20.0 Å². The van der Waals surface area contributed by atoms with Crippen LogP contribution in [-0.4, -0.2) is 53.1 Å². The van der Waals surface area contributed by atoms with Gasteiger partial charge >= 0.3 is 0 Å². The van der Waals surface area contributed by atoms with Gasteiger partial charge in [-0.3, -0.25) is 19.8 Å². The number of anilines is 1. The number of aliphatic hydroxyl groups excluding tert-OH is 1. The maximum atomic E-state index is 12.6. The van der Waals surface area contributed by atoms with E-state index in [2.05, 4.69) is 22.3 Å². The fourth-order valence-electron chi connectivity index (χ4n) is 4.42. The zero-order valence-electron chi connectivity index (χ0n) is 18.2. The largest absolute Gasteiger partial charge is 0.393 e. The third-order valence-corrected chi connectivity index (χ3v) is 6.32. The third kappa shape index (κ3) is 5.44. The van der Waals surface area contributed by atoms with Crippen LogP contribution in [-0.2, 0) is 13.1 Å². The van der Waals surface area contributed by atoms with Crippen molar-refractivity contribution in [2.75, 3.05) is 31.1 Å². The fourth-order valence-corrected chi connectivity index (χ4v) is 4.42. The van der Waals surface area contributed by atoms with Crippen molar-refractivity contribution in [1.29, 1.82) is 0 Å². The van der Waals surface area contributed by atoms with Gasteiger partial charge in [0.15, 0.2) is 0 Å². The summed E-state index contributed by atoms with van der Waals surface area (Å²) in [5.74, 6) is -0.322. The molecule has 2 aliphatic rings. The summed E-state index contributed by atoms with van der Waals surface area (Å²) < 4.78 is 0. The number of carbonyl (C=O) groups is 1. The molecule has 8 heteroatoms. The third-order valence-electron chi connectivity index (χ3n) is 6.32. The Morgan fingerprint density at radius 2 is 1.69 bits per heavy atom. The average molecular weight is 439 g/mol. The van der Waals surface area contributed by atoms with Crippen molar-refractivity contribution in [2.24, 2.45) is 0 Å². The molecule has 0 saturated carbocycles. The summed E-state index contributed by atoms with van der Waals surface area (Å²) in [4.78, 5) is 28.1. The maximum absolute atomic E-state index is 12.6. The molecule has 2 aromatic carbocycles. The summed E-state index contributed by atoms with van der Waals surface area (Å²) >= 11 is 0. The van der Waals surface area contributed by atoms with E-state index < -0.39 is 4.92 Å².